The smallest absolute Gasteiger partial charge is 0.144 e. The van der Waals surface area contributed by atoms with Crippen LogP contribution >= 0.6 is 0 Å². The van der Waals surface area contributed by atoms with Gasteiger partial charge in [0.25, 0.3) is 0 Å². The van der Waals surface area contributed by atoms with E-state index in [-0.39, 0.29) is 24.5 Å². The van der Waals surface area contributed by atoms with Crippen LogP contribution in [0, 0.1) is 22.6 Å². The van der Waals surface area contributed by atoms with Gasteiger partial charge in [-0.05, 0) is 36.4 Å². The number of aliphatic hydroxyl groups excluding tert-OH is 1. The van der Waals surface area contributed by atoms with E-state index in [2.05, 4.69) is 0 Å². The Balaban J connectivity index is 1.60. The van der Waals surface area contributed by atoms with Gasteiger partial charge in [0.1, 0.15) is 28.6 Å². The summed E-state index contributed by atoms with van der Waals surface area (Å²) in [7, 11) is -2.49. The molecule has 1 saturated heterocycles. The zero-order valence-electron chi connectivity index (χ0n) is 15.1. The highest BCUT2D eigenvalue weighted by molar-refractivity contribution is 7.84. The van der Waals surface area contributed by atoms with E-state index in [9.17, 15) is 17.9 Å². The fraction of sp³-hybridized carbons (Fsp3) is 0.316. The van der Waals surface area contributed by atoms with Crippen LogP contribution in [0.3, 0.4) is 0 Å². The Morgan fingerprint density at radius 1 is 1.21 bits per heavy atom. The fourth-order valence-corrected chi connectivity index (χ4v) is 4.83. The normalized spacial score (nSPS) is 17.9. The lowest BCUT2D eigenvalue weighted by Crippen LogP contribution is -2.61. The van der Waals surface area contributed by atoms with Crippen molar-refractivity contribution in [1.29, 1.82) is 5.26 Å². The Kier molecular flexibility index (Phi) is 6.25. The van der Waals surface area contributed by atoms with Crippen molar-refractivity contribution in [1.82, 2.24) is 4.31 Å². The molecule has 1 aliphatic heterocycles. The number of ether oxygens (including phenoxy) is 1. The highest BCUT2D eigenvalue weighted by Crippen LogP contribution is 2.34. The Morgan fingerprint density at radius 3 is 2.39 bits per heavy atom. The zero-order valence-corrected chi connectivity index (χ0v) is 16.8. The van der Waals surface area contributed by atoms with Gasteiger partial charge in [0.2, 0.25) is 0 Å². The van der Waals surface area contributed by atoms with Crippen LogP contribution < -0.4 is 4.74 Å². The molecule has 1 fully saturated rings. The van der Waals surface area contributed by atoms with Gasteiger partial charge in [-0.1, -0.05) is 0 Å². The average molecular weight is 423 g/mol. The van der Waals surface area contributed by atoms with Crippen LogP contribution in [0.4, 0.5) is 4.39 Å². The van der Waals surface area contributed by atoms with Gasteiger partial charge in [0.05, 0.1) is 29.1 Å². The predicted octanol–water partition coefficient (Wildman–Crippen LogP) is 1.83. The molecule has 148 valence electrons. The van der Waals surface area contributed by atoms with Crippen molar-refractivity contribution >= 4 is 21.8 Å². The molecule has 3 rings (SSSR count). The minimum absolute atomic E-state index is 0.0626. The second-order valence-electron chi connectivity index (χ2n) is 6.67. The summed E-state index contributed by atoms with van der Waals surface area (Å²) < 4.78 is 45.1. The number of halogens is 1. The first kappa shape index (κ1) is 20.6. The number of benzene rings is 2. The molecule has 2 unspecified atom stereocenters. The molecule has 0 aliphatic carbocycles. The molecule has 0 spiro atoms. The first-order chi connectivity index (χ1) is 13.4. The van der Waals surface area contributed by atoms with Gasteiger partial charge in [0.15, 0.2) is 0 Å². The number of hydrogen-bond donors (Lipinski definition) is 1. The minimum Gasteiger partial charge on any atom is -0.493 e. The molecule has 2 aromatic carbocycles. The molecule has 0 amide bonds. The van der Waals surface area contributed by atoms with E-state index in [4.69, 9.17) is 10.00 Å². The standard InChI is InChI=1S/C19H19FN2O4S2/c1-27(24)16-4-6-17(7-5-16)28(25)22-10-19(11-22,12-23)13-26-15-3-2-14(9-21)18(20)8-15/h2-8,23H,10-13H2,1H3. The third kappa shape index (κ3) is 4.31. The monoisotopic (exact) mass is 422 g/mol. The number of rotatable bonds is 7. The third-order valence-electron chi connectivity index (χ3n) is 4.56. The molecule has 0 bridgehead atoms. The molecule has 2 aromatic rings. The van der Waals surface area contributed by atoms with Crippen LogP contribution in [-0.2, 0) is 21.8 Å². The molecule has 0 aromatic heterocycles. The number of nitriles is 1. The Bertz CT molecular complexity index is 953. The summed E-state index contributed by atoms with van der Waals surface area (Å²) >= 11 is 0. The Morgan fingerprint density at radius 2 is 1.86 bits per heavy atom. The Labute approximate surface area is 167 Å². The number of nitrogens with zero attached hydrogens (tertiary/aromatic N) is 2. The maximum Gasteiger partial charge on any atom is 0.144 e. The highest BCUT2D eigenvalue weighted by atomic mass is 32.2. The lowest BCUT2D eigenvalue weighted by molar-refractivity contribution is -0.0250. The summed E-state index contributed by atoms with van der Waals surface area (Å²) in [4.78, 5) is 1.26. The average Bonchev–Trinajstić information content (AvgIpc) is 2.67. The van der Waals surface area contributed by atoms with Gasteiger partial charge in [-0.3, -0.25) is 4.21 Å². The van der Waals surface area contributed by atoms with Crippen LogP contribution in [0.5, 0.6) is 5.75 Å². The number of hydrogen-bond acceptors (Lipinski definition) is 5. The summed E-state index contributed by atoms with van der Waals surface area (Å²) in [6, 6.07) is 12.5. The van der Waals surface area contributed by atoms with Crippen LogP contribution in [0.2, 0.25) is 0 Å². The van der Waals surface area contributed by atoms with Gasteiger partial charge >= 0.3 is 0 Å². The molecule has 0 saturated carbocycles. The molecule has 28 heavy (non-hydrogen) atoms. The van der Waals surface area contributed by atoms with Crippen molar-refractivity contribution in [3.05, 3.63) is 53.8 Å². The molecular formula is C19H19FN2O4S2. The summed E-state index contributed by atoms with van der Waals surface area (Å²) in [6.45, 7) is 0.691. The van der Waals surface area contributed by atoms with E-state index in [0.29, 0.717) is 22.9 Å². The van der Waals surface area contributed by atoms with Gasteiger partial charge in [0, 0.05) is 41.1 Å². The molecular weight excluding hydrogens is 403 g/mol. The van der Waals surface area contributed by atoms with Gasteiger partial charge in [-0.15, -0.1) is 0 Å². The SMILES string of the molecule is CS(=O)c1ccc(S(=O)N2CC(CO)(COc3ccc(C#N)c(F)c3)C2)cc1. The van der Waals surface area contributed by atoms with Crippen molar-refractivity contribution in [2.24, 2.45) is 5.41 Å². The quantitative estimate of drug-likeness (QED) is 0.735. The van der Waals surface area contributed by atoms with Crippen LogP contribution in [0.1, 0.15) is 5.56 Å². The molecule has 0 radical (unpaired) electrons. The Hall–Kier alpha value is -2.12. The van der Waals surface area contributed by atoms with E-state index in [1.807, 2.05) is 0 Å². The molecule has 2 atom stereocenters. The predicted molar refractivity (Wildman–Crippen MR) is 103 cm³/mol. The largest absolute Gasteiger partial charge is 0.493 e. The summed E-state index contributed by atoms with van der Waals surface area (Å²) in [5, 5.41) is 18.5. The molecule has 6 nitrogen and oxygen atoms in total. The first-order valence-corrected chi connectivity index (χ1v) is 11.1. The van der Waals surface area contributed by atoms with Crippen LogP contribution in [0.15, 0.2) is 52.3 Å². The lowest BCUT2D eigenvalue weighted by Gasteiger charge is -2.47. The molecule has 1 aliphatic rings. The topological polar surface area (TPSA) is 90.6 Å². The molecule has 9 heteroatoms. The second-order valence-corrected chi connectivity index (χ2v) is 9.54. The van der Waals surface area contributed by atoms with Crippen molar-refractivity contribution in [3.63, 3.8) is 0 Å². The van der Waals surface area contributed by atoms with Gasteiger partial charge in [-0.25, -0.2) is 12.9 Å². The molecule has 1 heterocycles. The summed E-state index contributed by atoms with van der Waals surface area (Å²) in [5.74, 6) is -0.391. The maximum absolute atomic E-state index is 13.7. The summed E-state index contributed by atoms with van der Waals surface area (Å²) in [5.41, 5.74) is -0.655. The van der Waals surface area contributed by atoms with Crippen molar-refractivity contribution in [3.8, 4) is 11.8 Å². The van der Waals surface area contributed by atoms with E-state index < -0.39 is 33.0 Å². The molecule has 1 N–H and O–H groups in total. The second kappa shape index (κ2) is 8.49. The highest BCUT2D eigenvalue weighted by Gasteiger charge is 2.46. The summed E-state index contributed by atoms with van der Waals surface area (Å²) in [6.07, 6.45) is 1.58. The van der Waals surface area contributed by atoms with E-state index in [0.717, 1.165) is 6.07 Å². The van der Waals surface area contributed by atoms with E-state index >= 15 is 0 Å². The fourth-order valence-electron chi connectivity index (χ4n) is 2.87. The van der Waals surface area contributed by atoms with Crippen molar-refractivity contribution < 1.29 is 22.7 Å². The van der Waals surface area contributed by atoms with Gasteiger partial charge in [-0.2, -0.15) is 5.26 Å². The minimum atomic E-state index is -1.40. The van der Waals surface area contributed by atoms with Crippen molar-refractivity contribution in [2.45, 2.75) is 9.79 Å². The van der Waals surface area contributed by atoms with Gasteiger partial charge < -0.3 is 9.84 Å². The zero-order chi connectivity index (χ0) is 20.3. The van der Waals surface area contributed by atoms with Crippen LogP contribution in [-0.4, -0.2) is 50.4 Å². The third-order valence-corrected chi connectivity index (χ3v) is 6.90. The first-order valence-electron chi connectivity index (χ1n) is 8.41. The van der Waals surface area contributed by atoms with E-state index in [1.54, 1.807) is 40.9 Å². The van der Waals surface area contributed by atoms with Crippen LogP contribution in [0.25, 0.3) is 0 Å². The van der Waals surface area contributed by atoms with E-state index in [1.165, 1.54) is 12.1 Å². The number of aliphatic hydroxyl groups is 1. The lowest BCUT2D eigenvalue weighted by atomic mass is 9.83. The van der Waals surface area contributed by atoms with Crippen molar-refractivity contribution in [2.75, 3.05) is 32.6 Å². The maximum atomic E-state index is 13.7.